The van der Waals surface area contributed by atoms with E-state index in [2.05, 4.69) is 51.3 Å². The van der Waals surface area contributed by atoms with E-state index in [1.165, 1.54) is 0 Å². The first-order chi connectivity index (χ1) is 10.2. The summed E-state index contributed by atoms with van der Waals surface area (Å²) in [6.07, 6.45) is 2.34. The van der Waals surface area contributed by atoms with Gasteiger partial charge in [-0.3, -0.25) is 0 Å². The summed E-state index contributed by atoms with van der Waals surface area (Å²) < 4.78 is 0. The van der Waals surface area contributed by atoms with Gasteiger partial charge in [0.05, 0.1) is 6.10 Å². The molecule has 0 aromatic carbocycles. The topological polar surface area (TPSA) is 86.2 Å². The molecule has 0 spiro atoms. The summed E-state index contributed by atoms with van der Waals surface area (Å²) in [5.41, 5.74) is 0. The van der Waals surface area contributed by atoms with E-state index in [-0.39, 0.29) is 12.1 Å². The van der Waals surface area contributed by atoms with Crippen molar-refractivity contribution >= 4 is 17.8 Å². The van der Waals surface area contributed by atoms with Gasteiger partial charge in [-0.15, -0.1) is 0 Å². The molecule has 118 valence electrons. The molecule has 1 aliphatic carbocycles. The van der Waals surface area contributed by atoms with Gasteiger partial charge in [-0.05, 0) is 33.1 Å². The van der Waals surface area contributed by atoms with Crippen molar-refractivity contribution in [3.8, 4) is 0 Å². The Balaban J connectivity index is 2.14. The number of hydrogen-bond donors (Lipinski definition) is 3. The highest BCUT2D eigenvalue weighted by Crippen LogP contribution is 2.23. The number of nitrogens with one attached hydrogen (secondary N) is 2. The first kappa shape index (κ1) is 15.8. The summed E-state index contributed by atoms with van der Waals surface area (Å²) in [7, 11) is 0. The van der Waals surface area contributed by atoms with Crippen LogP contribution in [-0.2, 0) is 0 Å². The second-order valence-electron chi connectivity index (χ2n) is 5.35. The molecule has 21 heavy (non-hydrogen) atoms. The lowest BCUT2D eigenvalue weighted by Gasteiger charge is -2.32. The minimum absolute atomic E-state index is 0.190. The monoisotopic (exact) mass is 294 g/mol. The number of aromatic nitrogens is 3. The Morgan fingerprint density at radius 3 is 2.33 bits per heavy atom. The fraction of sp³-hybridized carbons (Fsp3) is 0.786. The SMILES string of the molecule is CCCNc1nc(NC2CC(O)C2)nc(N(CC)CC)n1. The molecule has 0 atom stereocenters. The molecule has 7 heteroatoms. The van der Waals surface area contributed by atoms with E-state index in [0.29, 0.717) is 17.8 Å². The highest BCUT2D eigenvalue weighted by molar-refractivity contribution is 5.44. The zero-order chi connectivity index (χ0) is 15.2. The normalized spacial score (nSPS) is 20.8. The first-order valence-electron chi connectivity index (χ1n) is 7.85. The molecule has 2 rings (SSSR count). The van der Waals surface area contributed by atoms with E-state index in [9.17, 15) is 5.11 Å². The van der Waals surface area contributed by atoms with Gasteiger partial charge >= 0.3 is 0 Å². The van der Waals surface area contributed by atoms with Gasteiger partial charge in [0.15, 0.2) is 0 Å². The van der Waals surface area contributed by atoms with Crippen LogP contribution < -0.4 is 15.5 Å². The maximum atomic E-state index is 9.37. The van der Waals surface area contributed by atoms with Crippen molar-refractivity contribution in [2.75, 3.05) is 35.2 Å². The van der Waals surface area contributed by atoms with Crippen molar-refractivity contribution in [2.24, 2.45) is 0 Å². The quantitative estimate of drug-likeness (QED) is 0.669. The molecule has 0 unspecified atom stereocenters. The fourth-order valence-electron chi connectivity index (χ4n) is 2.28. The van der Waals surface area contributed by atoms with Crippen LogP contribution in [0.2, 0.25) is 0 Å². The van der Waals surface area contributed by atoms with E-state index in [1.54, 1.807) is 0 Å². The van der Waals surface area contributed by atoms with Gasteiger partial charge in [-0.1, -0.05) is 6.92 Å². The van der Waals surface area contributed by atoms with Crippen molar-refractivity contribution in [1.29, 1.82) is 0 Å². The molecule has 0 aliphatic heterocycles. The van der Waals surface area contributed by atoms with Crippen LogP contribution in [0.25, 0.3) is 0 Å². The Morgan fingerprint density at radius 1 is 1.10 bits per heavy atom. The maximum absolute atomic E-state index is 9.37. The van der Waals surface area contributed by atoms with Gasteiger partial charge in [-0.25, -0.2) is 0 Å². The van der Waals surface area contributed by atoms with Gasteiger partial charge < -0.3 is 20.6 Å². The molecule has 1 heterocycles. The molecule has 0 bridgehead atoms. The predicted octanol–water partition coefficient (Wildman–Crippen LogP) is 1.47. The van der Waals surface area contributed by atoms with E-state index in [0.717, 1.165) is 38.9 Å². The third kappa shape index (κ3) is 4.17. The Labute approximate surface area is 126 Å². The lowest BCUT2D eigenvalue weighted by atomic mass is 9.90. The Morgan fingerprint density at radius 2 is 1.76 bits per heavy atom. The van der Waals surface area contributed by atoms with Crippen LogP contribution in [0.1, 0.15) is 40.0 Å². The lowest BCUT2D eigenvalue weighted by Crippen LogP contribution is -2.39. The van der Waals surface area contributed by atoms with E-state index < -0.39 is 0 Å². The van der Waals surface area contributed by atoms with Crippen molar-refractivity contribution in [3.63, 3.8) is 0 Å². The molecule has 0 radical (unpaired) electrons. The molecule has 7 nitrogen and oxygen atoms in total. The minimum atomic E-state index is -0.190. The molecule has 1 aromatic rings. The number of anilines is 3. The van der Waals surface area contributed by atoms with Crippen molar-refractivity contribution in [2.45, 2.75) is 52.2 Å². The average molecular weight is 294 g/mol. The minimum Gasteiger partial charge on any atom is -0.393 e. The second-order valence-corrected chi connectivity index (χ2v) is 5.35. The zero-order valence-corrected chi connectivity index (χ0v) is 13.1. The van der Waals surface area contributed by atoms with Gasteiger partial charge in [0, 0.05) is 25.7 Å². The zero-order valence-electron chi connectivity index (χ0n) is 13.1. The van der Waals surface area contributed by atoms with E-state index in [1.807, 2.05) is 0 Å². The summed E-state index contributed by atoms with van der Waals surface area (Å²) in [4.78, 5) is 15.5. The molecule has 1 fully saturated rings. The Kier molecular flexibility index (Phi) is 5.55. The van der Waals surface area contributed by atoms with Crippen molar-refractivity contribution in [1.82, 2.24) is 15.0 Å². The molecular weight excluding hydrogens is 268 g/mol. The highest BCUT2D eigenvalue weighted by Gasteiger charge is 2.28. The average Bonchev–Trinajstić information content (AvgIpc) is 2.45. The standard InChI is InChI=1S/C14H26N6O/c1-4-7-15-12-17-13(16-10-8-11(21)9-10)19-14(18-12)20(5-2)6-3/h10-11,21H,4-9H2,1-3H3,(H2,15,16,17,18,19). The summed E-state index contributed by atoms with van der Waals surface area (Å²) in [6.45, 7) is 8.83. The van der Waals surface area contributed by atoms with Gasteiger partial charge in [0.1, 0.15) is 0 Å². The fourth-order valence-corrected chi connectivity index (χ4v) is 2.28. The summed E-state index contributed by atoms with van der Waals surface area (Å²) in [5, 5.41) is 15.9. The summed E-state index contributed by atoms with van der Waals surface area (Å²) >= 11 is 0. The van der Waals surface area contributed by atoms with Crippen LogP contribution in [0.15, 0.2) is 0 Å². The second kappa shape index (κ2) is 7.40. The number of aliphatic hydroxyl groups is 1. The number of rotatable bonds is 8. The third-order valence-corrected chi connectivity index (χ3v) is 3.65. The van der Waals surface area contributed by atoms with Crippen molar-refractivity contribution < 1.29 is 5.11 Å². The first-order valence-corrected chi connectivity index (χ1v) is 7.85. The largest absolute Gasteiger partial charge is 0.393 e. The molecule has 0 saturated heterocycles. The van der Waals surface area contributed by atoms with Crippen LogP contribution in [0.4, 0.5) is 17.8 Å². The number of nitrogens with zero attached hydrogens (tertiary/aromatic N) is 4. The van der Waals surface area contributed by atoms with Crippen LogP contribution >= 0.6 is 0 Å². The van der Waals surface area contributed by atoms with Gasteiger partial charge in [0.2, 0.25) is 17.8 Å². The Hall–Kier alpha value is -1.63. The Bertz CT molecular complexity index is 445. The number of hydrogen-bond acceptors (Lipinski definition) is 7. The van der Waals surface area contributed by atoms with Gasteiger partial charge in [0.25, 0.3) is 0 Å². The van der Waals surface area contributed by atoms with Crippen LogP contribution in [0.5, 0.6) is 0 Å². The molecule has 1 aliphatic rings. The molecular formula is C14H26N6O. The van der Waals surface area contributed by atoms with Gasteiger partial charge in [-0.2, -0.15) is 15.0 Å². The summed E-state index contributed by atoms with van der Waals surface area (Å²) in [5.74, 6) is 1.88. The molecule has 1 aromatic heterocycles. The van der Waals surface area contributed by atoms with E-state index >= 15 is 0 Å². The smallest absolute Gasteiger partial charge is 0.231 e. The highest BCUT2D eigenvalue weighted by atomic mass is 16.3. The van der Waals surface area contributed by atoms with Crippen molar-refractivity contribution in [3.05, 3.63) is 0 Å². The maximum Gasteiger partial charge on any atom is 0.231 e. The third-order valence-electron chi connectivity index (χ3n) is 3.65. The molecule has 3 N–H and O–H groups in total. The number of aliphatic hydroxyl groups excluding tert-OH is 1. The predicted molar refractivity (Wildman–Crippen MR) is 84.8 cm³/mol. The summed E-state index contributed by atoms with van der Waals surface area (Å²) in [6, 6.07) is 0.256. The lowest BCUT2D eigenvalue weighted by molar-refractivity contribution is 0.0834. The molecule has 1 saturated carbocycles. The van der Waals surface area contributed by atoms with Crippen LogP contribution in [0, 0.1) is 0 Å². The molecule has 0 amide bonds. The van der Waals surface area contributed by atoms with Crippen LogP contribution in [0.3, 0.4) is 0 Å². The van der Waals surface area contributed by atoms with E-state index in [4.69, 9.17) is 0 Å². The van der Waals surface area contributed by atoms with Crippen LogP contribution in [-0.4, -0.2) is 51.8 Å².